The van der Waals surface area contributed by atoms with Gasteiger partial charge in [-0.2, -0.15) is 0 Å². The summed E-state index contributed by atoms with van der Waals surface area (Å²) >= 11 is 0. The molecular weight excluding hydrogens is 1250 g/mol. The summed E-state index contributed by atoms with van der Waals surface area (Å²) in [4.78, 5) is 180. The van der Waals surface area contributed by atoms with E-state index in [4.69, 9.17) is 17.2 Å². The van der Waals surface area contributed by atoms with Crippen molar-refractivity contribution in [2.24, 2.45) is 29.0 Å². The van der Waals surface area contributed by atoms with Crippen molar-refractivity contribution in [1.29, 1.82) is 0 Å². The molecule has 30 heteroatoms. The molecule has 11 amide bonds. The molecule has 0 saturated carbocycles. The molecule has 97 heavy (non-hydrogen) atoms. The minimum atomic E-state index is -1.66. The number of aromatic hydroxyl groups is 1. The van der Waals surface area contributed by atoms with Gasteiger partial charge >= 0.3 is 5.97 Å². The van der Waals surface area contributed by atoms with Crippen molar-refractivity contribution in [1.82, 2.24) is 61.1 Å². The van der Waals surface area contributed by atoms with Crippen molar-refractivity contribution in [3.8, 4) is 5.75 Å². The van der Waals surface area contributed by atoms with Gasteiger partial charge in [-0.15, -0.1) is 0 Å². The third kappa shape index (κ3) is 17.9. The Kier molecular flexibility index (Phi) is 24.2. The van der Waals surface area contributed by atoms with E-state index in [1.807, 2.05) is 0 Å². The summed E-state index contributed by atoms with van der Waals surface area (Å²) < 4.78 is 1.49. The van der Waals surface area contributed by atoms with Crippen LogP contribution in [-0.2, 0) is 83.3 Å². The zero-order valence-corrected chi connectivity index (χ0v) is 55.2. The van der Waals surface area contributed by atoms with E-state index in [9.17, 15) is 53.7 Å². The molecule has 0 bridgehead atoms. The van der Waals surface area contributed by atoms with E-state index in [0.717, 1.165) is 14.7 Å². The van der Waals surface area contributed by atoms with Gasteiger partial charge in [-0.1, -0.05) is 62.4 Å². The van der Waals surface area contributed by atoms with Crippen LogP contribution in [0.1, 0.15) is 82.4 Å². The van der Waals surface area contributed by atoms with Crippen LogP contribution in [0.15, 0.2) is 85.2 Å². The second-order valence-electron chi connectivity index (χ2n) is 26.0. The third-order valence-corrected chi connectivity index (χ3v) is 18.3. The lowest BCUT2D eigenvalue weighted by Gasteiger charge is -2.34. The first-order chi connectivity index (χ1) is 46.0. The number of benzene rings is 3. The van der Waals surface area contributed by atoms with Crippen LogP contribution in [0.4, 0.5) is 0 Å². The van der Waals surface area contributed by atoms with Crippen LogP contribution in [0, 0.1) is 11.8 Å². The van der Waals surface area contributed by atoms with Gasteiger partial charge in [0, 0.05) is 100 Å². The van der Waals surface area contributed by atoms with Gasteiger partial charge in [0.05, 0.1) is 18.4 Å². The number of aliphatic hydroxyl groups excluding tert-OH is 1. The normalized spacial score (nSPS) is 25.1. The number of likely N-dealkylation sites (N-methyl/N-ethyl adjacent to an activating group) is 2. The Labute approximate surface area is 560 Å². The molecule has 3 aliphatic rings. The molecule has 8 rings (SSSR count). The summed E-state index contributed by atoms with van der Waals surface area (Å²) in [6, 6.07) is 5.42. The molecule has 0 radical (unpaired) electrons. The number of amides is 11. The maximum atomic E-state index is 15.5. The molecular formula is C67H89N15O15. The number of rotatable bonds is 16. The number of para-hydroxylation sites is 2. The van der Waals surface area contributed by atoms with Gasteiger partial charge in [-0.25, -0.2) is 0 Å². The van der Waals surface area contributed by atoms with E-state index in [1.165, 1.54) is 49.7 Å². The lowest BCUT2D eigenvalue weighted by molar-refractivity contribution is -0.145. The highest BCUT2D eigenvalue weighted by Gasteiger charge is 2.45. The average molecular weight is 1340 g/mol. The fraction of sp³-hybridized carbons (Fsp3) is 0.493. The number of phenolic OH excluding ortho intramolecular Hbond substituents is 1. The van der Waals surface area contributed by atoms with Gasteiger partial charge in [-0.3, -0.25) is 57.5 Å². The van der Waals surface area contributed by atoms with Crippen molar-refractivity contribution in [3.05, 3.63) is 102 Å². The minimum Gasteiger partial charge on any atom is -0.508 e. The first kappa shape index (κ1) is 72.9. The molecule has 12 atom stereocenters. The van der Waals surface area contributed by atoms with E-state index in [2.05, 4.69) is 36.9 Å². The first-order valence-corrected chi connectivity index (χ1v) is 32.5. The van der Waals surface area contributed by atoms with Gasteiger partial charge in [0.15, 0.2) is 0 Å². The summed E-state index contributed by atoms with van der Waals surface area (Å²) in [5.41, 5.74) is 21.6. The monoisotopic (exact) mass is 1340 g/mol. The Morgan fingerprint density at radius 3 is 2.02 bits per heavy atom. The number of carbonyl (C=O) groups excluding carboxylic acids is 11. The number of carbonyl (C=O) groups is 12. The maximum absolute atomic E-state index is 15.5. The molecule has 1 unspecified atom stereocenters. The minimum absolute atomic E-state index is 0.0114. The lowest BCUT2D eigenvalue weighted by atomic mass is 9.87. The lowest BCUT2D eigenvalue weighted by Crippen LogP contribution is -2.61. The van der Waals surface area contributed by atoms with Gasteiger partial charge in [0.25, 0.3) is 0 Å². The number of primary amides is 1. The number of aromatic nitrogens is 2. The molecule has 3 saturated heterocycles. The molecule has 0 aliphatic carbocycles. The number of nitrogens with zero attached hydrogens (tertiary/aromatic N) is 5. The van der Waals surface area contributed by atoms with Gasteiger partial charge in [0.1, 0.15) is 66.7 Å². The van der Waals surface area contributed by atoms with Crippen LogP contribution < -0.4 is 49.1 Å². The Balaban J connectivity index is 1.22. The van der Waals surface area contributed by atoms with Gasteiger partial charge in [0.2, 0.25) is 65.0 Å². The second kappa shape index (κ2) is 32.2. The zero-order valence-electron chi connectivity index (χ0n) is 55.2. The number of hydrogen-bond donors (Lipinski definition) is 13. The van der Waals surface area contributed by atoms with Gasteiger partial charge in [-0.05, 0) is 92.3 Å². The first-order valence-electron chi connectivity index (χ1n) is 32.5. The van der Waals surface area contributed by atoms with Crippen molar-refractivity contribution in [3.63, 3.8) is 0 Å². The standard InChI is InChI=1S/C67H89N15O15/c1-35(2)24-49-67(97)82-33-41(84)28-55(82)63(93)73-48(26-38-31-71-46-14-9-7-12-42(38)46)60(90)72-47(59(89)76-50(65(95)78(4)5)27-39-32-80(34-57(86)87)53-15-10-8-13-43(39)53)22-21-45(69)44(25-37-17-19-40(83)20-18-37)64(94)79(6)36(3)58(88)74-51(29-56(70)85)66(96)81-23-11-16-54(81)62(92)77-52(30-68)61(91)75-49/h7-10,12-15,17-20,31-32,35-36,41,44-45,47-52,54-55,71,83-84H,11,16,21-30,33-34,68-69H2,1-6H3,(H2,70,85)(H,72,90)(H,73,93)(H,74,88)(H,75,91)(H,76,89)(H,77,92)(H,86,87)/t36-,41+,44+,45?,47-,48-,49-,50-,51-,52-,54-,55-/m0/s1. The highest BCUT2D eigenvalue weighted by atomic mass is 16.4. The Morgan fingerprint density at radius 1 is 0.722 bits per heavy atom. The summed E-state index contributed by atoms with van der Waals surface area (Å²) in [6.45, 7) is 3.56. The quantitative estimate of drug-likeness (QED) is 0.0527. The molecule has 2 aromatic heterocycles. The summed E-state index contributed by atoms with van der Waals surface area (Å²) in [5, 5.41) is 48.9. The number of carboxylic acids is 1. The fourth-order valence-electron chi connectivity index (χ4n) is 13.0. The number of carboxylic acid groups (broad SMARTS) is 1. The molecule has 3 fully saturated rings. The molecule has 3 aliphatic heterocycles. The summed E-state index contributed by atoms with van der Waals surface area (Å²) in [6.07, 6.45) is 0.0462. The molecule has 3 aromatic carbocycles. The fourth-order valence-corrected chi connectivity index (χ4v) is 13.0. The van der Waals surface area contributed by atoms with E-state index in [0.29, 0.717) is 38.5 Å². The van der Waals surface area contributed by atoms with Gasteiger partial charge < -0.3 is 93.6 Å². The topological polar surface area (TPSA) is 449 Å². The van der Waals surface area contributed by atoms with Crippen molar-refractivity contribution < 1.29 is 72.9 Å². The van der Waals surface area contributed by atoms with Crippen molar-refractivity contribution >= 4 is 92.8 Å². The van der Waals surface area contributed by atoms with Crippen molar-refractivity contribution in [2.45, 2.75) is 158 Å². The Morgan fingerprint density at radius 2 is 1.35 bits per heavy atom. The van der Waals surface area contributed by atoms with Crippen LogP contribution >= 0.6 is 0 Å². The highest BCUT2D eigenvalue weighted by molar-refractivity contribution is 6.00. The second-order valence-corrected chi connectivity index (χ2v) is 26.0. The highest BCUT2D eigenvalue weighted by Crippen LogP contribution is 2.28. The van der Waals surface area contributed by atoms with E-state index in [-0.39, 0.29) is 82.5 Å². The Bertz CT molecular complexity index is 3760. The number of hydrogen-bond acceptors (Lipinski definition) is 16. The molecule has 522 valence electrons. The maximum Gasteiger partial charge on any atom is 0.323 e. The SMILES string of the molecule is CC(C)C[C@@H]1NC(=O)[C@H](CN)NC(=O)[C@@H]2CCCN2C(=O)[C@H](CC(N)=O)NC(=O)[C@H](C)N(C)C(=O)[C@H](Cc2ccc(O)cc2)C(N)CC[C@@H](C(=O)N[C@@H](Cc2cn(CC(=O)O)c3ccccc23)C(=O)N(C)C)NC(=O)[C@H](Cc2c[nH]c3ccccc23)NC(=O)[C@@H]2C[C@@H](O)CN2C1=O. The zero-order chi connectivity index (χ0) is 70.7. The largest absolute Gasteiger partial charge is 0.508 e. The number of H-pyrrole nitrogens is 1. The van der Waals surface area contributed by atoms with E-state index in [1.54, 1.807) is 86.9 Å². The molecule has 30 nitrogen and oxygen atoms in total. The molecule has 5 aromatic rings. The van der Waals surface area contributed by atoms with Crippen LogP contribution in [0.3, 0.4) is 0 Å². The number of aliphatic hydroxyl groups is 1. The third-order valence-electron chi connectivity index (χ3n) is 18.3. The summed E-state index contributed by atoms with van der Waals surface area (Å²) in [7, 11) is 4.25. The predicted octanol–water partition coefficient (Wildman–Crippen LogP) is -1.65. The molecule has 0 spiro atoms. The van der Waals surface area contributed by atoms with Crippen LogP contribution in [0.2, 0.25) is 0 Å². The predicted molar refractivity (Wildman–Crippen MR) is 353 cm³/mol. The molecule has 16 N–H and O–H groups in total. The van der Waals surface area contributed by atoms with E-state index < -0.39 is 163 Å². The number of fused-ring (bicyclic) bond motifs is 4. The Hall–Kier alpha value is -9.94. The van der Waals surface area contributed by atoms with Crippen LogP contribution in [0.25, 0.3) is 21.8 Å². The number of nitrogens with one attached hydrogen (secondary N) is 7. The van der Waals surface area contributed by atoms with Crippen molar-refractivity contribution in [2.75, 3.05) is 40.8 Å². The number of nitrogens with two attached hydrogens (primary N) is 3. The molecule has 5 heterocycles. The van der Waals surface area contributed by atoms with Crippen LogP contribution in [-0.4, -0.2) is 223 Å². The summed E-state index contributed by atoms with van der Waals surface area (Å²) in [5.74, 6) is -12.2. The average Bonchev–Trinajstić information content (AvgIpc) is 1.69. The number of aliphatic carboxylic acids is 1. The van der Waals surface area contributed by atoms with Crippen LogP contribution in [0.5, 0.6) is 5.75 Å². The number of phenols is 1. The smallest absolute Gasteiger partial charge is 0.323 e. The number of aromatic amines is 1. The van der Waals surface area contributed by atoms with E-state index >= 15 is 19.2 Å².